The summed E-state index contributed by atoms with van der Waals surface area (Å²) in [5.74, 6) is 0. The predicted molar refractivity (Wildman–Crippen MR) is 44.1 cm³/mol. The third-order valence-electron chi connectivity index (χ3n) is 1.88. The maximum absolute atomic E-state index is 2.35. The van der Waals surface area contributed by atoms with Gasteiger partial charge in [0.15, 0.2) is 0 Å². The van der Waals surface area contributed by atoms with Crippen LogP contribution in [0.3, 0.4) is 0 Å². The molecule has 0 atom stereocenters. The summed E-state index contributed by atoms with van der Waals surface area (Å²) in [5.41, 5.74) is 0. The Morgan fingerprint density at radius 2 is 1.00 bits per heavy atom. The molecular formula is C10H10Hf+2. The average molecular weight is 309 g/mol. The Morgan fingerprint density at radius 3 is 1.36 bits per heavy atom. The summed E-state index contributed by atoms with van der Waals surface area (Å²) < 4.78 is 1.74. The Hall–Kier alpha value is -0.170. The van der Waals surface area contributed by atoms with Crippen LogP contribution in [-0.2, 0) is 22.9 Å². The van der Waals surface area contributed by atoms with Crippen molar-refractivity contribution in [3.8, 4) is 0 Å². The first-order chi connectivity index (χ1) is 5.45. The number of rotatable bonds is 2. The molecule has 1 heteroatoms. The Bertz CT molecular complexity index is 196. The Kier molecular flexibility index (Phi) is 2.37. The zero-order valence-corrected chi connectivity index (χ0v) is 9.87. The molecule has 0 saturated carbocycles. The molecule has 0 nitrogen and oxygen atoms in total. The van der Waals surface area contributed by atoms with Gasteiger partial charge >= 0.3 is 78.9 Å². The second kappa shape index (κ2) is 3.49. The quantitative estimate of drug-likeness (QED) is 0.688. The van der Waals surface area contributed by atoms with Crippen molar-refractivity contribution in [3.05, 3.63) is 48.6 Å². The summed E-state index contributed by atoms with van der Waals surface area (Å²) in [6.45, 7) is 0. The van der Waals surface area contributed by atoms with Crippen LogP contribution in [0.2, 0.25) is 7.35 Å². The molecule has 0 fully saturated rings. The van der Waals surface area contributed by atoms with E-state index in [0.29, 0.717) is 0 Å². The summed E-state index contributed by atoms with van der Waals surface area (Å²) in [6, 6.07) is 0. The second-order valence-electron chi connectivity index (χ2n) is 2.76. The van der Waals surface area contributed by atoms with Crippen LogP contribution < -0.4 is 0 Å². The van der Waals surface area contributed by atoms with Gasteiger partial charge in [0.1, 0.15) is 0 Å². The molecule has 0 N–H and O–H groups in total. The molecule has 2 aliphatic carbocycles. The molecule has 2 aliphatic rings. The van der Waals surface area contributed by atoms with Crippen molar-refractivity contribution in [2.45, 2.75) is 7.35 Å². The molecule has 0 bridgehead atoms. The fourth-order valence-electron chi connectivity index (χ4n) is 1.31. The predicted octanol–water partition coefficient (Wildman–Crippen LogP) is 2.90. The zero-order valence-electron chi connectivity index (χ0n) is 6.27. The van der Waals surface area contributed by atoms with Crippen molar-refractivity contribution in [2.24, 2.45) is 0 Å². The van der Waals surface area contributed by atoms with E-state index in [1.54, 1.807) is 0 Å². The van der Waals surface area contributed by atoms with Gasteiger partial charge in [-0.2, -0.15) is 0 Å². The van der Waals surface area contributed by atoms with Crippen LogP contribution in [0, 0.1) is 0 Å². The van der Waals surface area contributed by atoms with Crippen LogP contribution >= 0.6 is 0 Å². The van der Waals surface area contributed by atoms with Crippen molar-refractivity contribution in [1.82, 2.24) is 0 Å². The van der Waals surface area contributed by atoms with Crippen molar-refractivity contribution >= 4 is 0 Å². The van der Waals surface area contributed by atoms with Gasteiger partial charge < -0.3 is 0 Å². The van der Waals surface area contributed by atoms with E-state index in [-0.39, 0.29) is 0 Å². The van der Waals surface area contributed by atoms with Crippen LogP contribution in [0.15, 0.2) is 48.6 Å². The fourth-order valence-corrected chi connectivity index (χ4v) is 6.10. The van der Waals surface area contributed by atoms with E-state index in [9.17, 15) is 0 Å². The molecule has 0 aliphatic heterocycles. The summed E-state index contributed by atoms with van der Waals surface area (Å²) in [6.07, 6.45) is 18.1. The minimum atomic E-state index is -0.471. The van der Waals surface area contributed by atoms with E-state index in [1.807, 2.05) is 0 Å². The van der Waals surface area contributed by atoms with Gasteiger partial charge in [0.05, 0.1) is 0 Å². The Balaban J connectivity index is 1.90. The third kappa shape index (κ3) is 1.90. The van der Waals surface area contributed by atoms with Crippen LogP contribution in [0.4, 0.5) is 0 Å². The maximum atomic E-state index is 2.35. The molecule has 0 spiro atoms. The van der Waals surface area contributed by atoms with E-state index in [2.05, 4.69) is 48.6 Å². The van der Waals surface area contributed by atoms with Crippen molar-refractivity contribution in [3.63, 3.8) is 0 Å². The normalized spacial score (nSPS) is 21.8. The number of hydrogen-bond donors (Lipinski definition) is 0. The molecule has 0 heterocycles. The van der Waals surface area contributed by atoms with Gasteiger partial charge in [0, 0.05) is 0 Å². The number of hydrogen-bond acceptors (Lipinski definition) is 0. The van der Waals surface area contributed by atoms with Gasteiger partial charge in [-0.3, -0.25) is 0 Å². The summed E-state index contributed by atoms with van der Waals surface area (Å²) in [4.78, 5) is 0. The molecule has 0 radical (unpaired) electrons. The van der Waals surface area contributed by atoms with E-state index in [0.717, 1.165) is 7.35 Å². The van der Waals surface area contributed by atoms with E-state index >= 15 is 0 Å². The van der Waals surface area contributed by atoms with Crippen LogP contribution in [-0.4, -0.2) is 0 Å². The Labute approximate surface area is 78.7 Å². The Morgan fingerprint density at radius 1 is 0.636 bits per heavy atom. The molecule has 0 saturated heterocycles. The van der Waals surface area contributed by atoms with Gasteiger partial charge in [-0.1, -0.05) is 0 Å². The summed E-state index contributed by atoms with van der Waals surface area (Å²) >= 11 is -0.471. The SMILES string of the molecule is C1=C[CH]([Hf+2][CH]2C=CC=C2)C=C1. The van der Waals surface area contributed by atoms with Gasteiger partial charge in [0.2, 0.25) is 0 Å². The first-order valence-electron chi connectivity index (χ1n) is 3.91. The molecule has 2 rings (SSSR count). The van der Waals surface area contributed by atoms with Crippen LogP contribution in [0.1, 0.15) is 0 Å². The van der Waals surface area contributed by atoms with Crippen molar-refractivity contribution in [2.75, 3.05) is 0 Å². The topological polar surface area (TPSA) is 0 Å². The summed E-state index contributed by atoms with van der Waals surface area (Å²) in [7, 11) is 0. The number of allylic oxidation sites excluding steroid dienone is 8. The zero-order chi connectivity index (χ0) is 7.52. The molecule has 0 amide bonds. The van der Waals surface area contributed by atoms with Gasteiger partial charge in [-0.25, -0.2) is 0 Å². The average Bonchev–Trinajstić information content (AvgIpc) is 2.60. The van der Waals surface area contributed by atoms with Gasteiger partial charge in [0.25, 0.3) is 0 Å². The van der Waals surface area contributed by atoms with Crippen molar-refractivity contribution in [1.29, 1.82) is 0 Å². The van der Waals surface area contributed by atoms with E-state index in [4.69, 9.17) is 0 Å². The molecule has 0 aromatic carbocycles. The first kappa shape index (κ1) is 7.48. The molecule has 0 unspecified atom stereocenters. The van der Waals surface area contributed by atoms with Gasteiger partial charge in [-0.15, -0.1) is 0 Å². The monoisotopic (exact) mass is 310 g/mol. The van der Waals surface area contributed by atoms with E-state index < -0.39 is 22.9 Å². The first-order valence-corrected chi connectivity index (χ1v) is 8.06. The summed E-state index contributed by atoms with van der Waals surface area (Å²) in [5, 5.41) is 0. The van der Waals surface area contributed by atoms with E-state index in [1.165, 1.54) is 0 Å². The standard InChI is InChI=1S/2C5H5.Hf/c2*1-2-4-5-3-1;/h2*1-5H;/q;;+2. The van der Waals surface area contributed by atoms with Crippen LogP contribution in [0.25, 0.3) is 0 Å². The molecule has 52 valence electrons. The molecule has 11 heavy (non-hydrogen) atoms. The van der Waals surface area contributed by atoms with Crippen LogP contribution in [0.5, 0.6) is 0 Å². The third-order valence-corrected chi connectivity index (χ3v) is 7.41. The molecule has 0 aromatic heterocycles. The second-order valence-corrected chi connectivity index (χ2v) is 8.75. The molecular weight excluding hydrogens is 299 g/mol. The van der Waals surface area contributed by atoms with Gasteiger partial charge in [-0.05, 0) is 0 Å². The van der Waals surface area contributed by atoms with Crippen molar-refractivity contribution < 1.29 is 22.9 Å². The molecule has 0 aromatic rings. The minimum absolute atomic E-state index is 0.471. The fraction of sp³-hybridized carbons (Fsp3) is 0.200.